The van der Waals surface area contributed by atoms with Gasteiger partial charge in [0.15, 0.2) is 0 Å². The molecule has 3 aromatic carbocycles. The molecule has 0 unspecified atom stereocenters. The molecule has 0 saturated heterocycles. The monoisotopic (exact) mass is 583 g/mol. The highest BCUT2D eigenvalue weighted by atomic mass is 35.5. The Kier molecular flexibility index (Phi) is 9.71. The predicted octanol–water partition coefficient (Wildman–Crippen LogP) is 5.02. The lowest BCUT2D eigenvalue weighted by Crippen LogP contribution is -2.52. The van der Waals surface area contributed by atoms with Crippen molar-refractivity contribution < 1.29 is 22.7 Å². The highest BCUT2D eigenvalue weighted by molar-refractivity contribution is 7.92. The second-order valence-electron chi connectivity index (χ2n) is 9.84. The summed E-state index contributed by atoms with van der Waals surface area (Å²) in [5.41, 5.74) is 1.06. The van der Waals surface area contributed by atoms with Crippen molar-refractivity contribution >= 4 is 39.1 Å². The molecule has 40 heavy (non-hydrogen) atoms. The smallest absolute Gasteiger partial charge is 0.264 e. The highest BCUT2D eigenvalue weighted by Gasteiger charge is 2.33. The van der Waals surface area contributed by atoms with Crippen LogP contribution in [0.2, 0.25) is 5.02 Å². The zero-order chi connectivity index (χ0) is 28.7. The molecule has 10 heteroatoms. The highest BCUT2D eigenvalue weighted by Crippen LogP contribution is 2.26. The van der Waals surface area contributed by atoms with Crippen molar-refractivity contribution in [3.05, 3.63) is 89.4 Å². The van der Waals surface area contributed by atoms with Crippen LogP contribution in [0.25, 0.3) is 0 Å². The van der Waals surface area contributed by atoms with Gasteiger partial charge in [-0.15, -0.1) is 0 Å². The fourth-order valence-electron chi connectivity index (χ4n) is 4.76. The van der Waals surface area contributed by atoms with Crippen LogP contribution in [0.15, 0.2) is 83.8 Å². The molecule has 0 heterocycles. The number of nitrogens with zero attached hydrogens (tertiary/aromatic N) is 2. The van der Waals surface area contributed by atoms with Crippen LogP contribution in [0, 0.1) is 0 Å². The first-order valence-electron chi connectivity index (χ1n) is 13.2. The normalized spacial score (nSPS) is 14.4. The number of hydrogen-bond donors (Lipinski definition) is 1. The van der Waals surface area contributed by atoms with E-state index in [9.17, 15) is 18.0 Å². The Morgan fingerprint density at radius 1 is 0.975 bits per heavy atom. The number of halogens is 1. The maximum absolute atomic E-state index is 14.0. The molecule has 1 N–H and O–H groups in total. The molecule has 8 nitrogen and oxygen atoms in total. The minimum Gasteiger partial charge on any atom is -0.497 e. The van der Waals surface area contributed by atoms with Crippen molar-refractivity contribution in [3.8, 4) is 5.75 Å². The van der Waals surface area contributed by atoms with Crippen LogP contribution in [-0.4, -0.2) is 50.9 Å². The van der Waals surface area contributed by atoms with E-state index < -0.39 is 28.5 Å². The number of carbonyl (C=O) groups excluding carboxylic acids is 2. The van der Waals surface area contributed by atoms with Gasteiger partial charge in [0.25, 0.3) is 10.0 Å². The van der Waals surface area contributed by atoms with Crippen LogP contribution in [0.4, 0.5) is 5.69 Å². The van der Waals surface area contributed by atoms with Gasteiger partial charge in [0.05, 0.1) is 17.7 Å². The van der Waals surface area contributed by atoms with E-state index in [1.165, 1.54) is 17.0 Å². The molecule has 212 valence electrons. The largest absolute Gasteiger partial charge is 0.497 e. The van der Waals surface area contributed by atoms with Crippen molar-refractivity contribution in [1.29, 1.82) is 0 Å². The van der Waals surface area contributed by atoms with Gasteiger partial charge in [0, 0.05) is 17.6 Å². The van der Waals surface area contributed by atoms with Crippen LogP contribution in [0.5, 0.6) is 5.75 Å². The molecule has 0 radical (unpaired) electrons. The van der Waals surface area contributed by atoms with Crippen LogP contribution >= 0.6 is 11.6 Å². The van der Waals surface area contributed by atoms with Crippen LogP contribution < -0.4 is 14.4 Å². The Morgan fingerprint density at radius 2 is 1.60 bits per heavy atom. The van der Waals surface area contributed by atoms with E-state index in [2.05, 4.69) is 5.32 Å². The van der Waals surface area contributed by atoms with E-state index in [0.29, 0.717) is 10.8 Å². The molecule has 1 aliphatic carbocycles. The number of hydrogen-bond acceptors (Lipinski definition) is 5. The van der Waals surface area contributed by atoms with Crippen LogP contribution in [0.3, 0.4) is 0 Å². The second kappa shape index (κ2) is 13.2. The summed E-state index contributed by atoms with van der Waals surface area (Å²) in [4.78, 5) is 28.7. The Balaban J connectivity index is 1.66. The minimum atomic E-state index is -4.12. The number of benzene rings is 3. The number of amides is 2. The molecule has 0 bridgehead atoms. The number of ether oxygens (including phenoxy) is 1. The first-order chi connectivity index (χ1) is 19.2. The summed E-state index contributed by atoms with van der Waals surface area (Å²) in [5.74, 6) is -0.117. The number of anilines is 1. The fourth-order valence-corrected chi connectivity index (χ4v) is 6.32. The number of carbonyl (C=O) groups is 2. The summed E-state index contributed by atoms with van der Waals surface area (Å²) in [6.07, 6.45) is 3.93. The van der Waals surface area contributed by atoms with E-state index in [0.717, 1.165) is 35.6 Å². The molecule has 0 aliphatic heterocycles. The fraction of sp³-hybridized carbons (Fsp3) is 0.333. The number of rotatable bonds is 11. The first-order valence-corrected chi connectivity index (χ1v) is 15.1. The van der Waals surface area contributed by atoms with Gasteiger partial charge in [-0.3, -0.25) is 13.9 Å². The average molecular weight is 584 g/mol. The molecule has 1 aliphatic rings. The summed E-state index contributed by atoms with van der Waals surface area (Å²) in [6, 6.07) is 20.6. The standard InChI is InChI=1S/C30H34ClN3O5S/c1-22(30(36)32-25-8-6-7-9-25)33(20-23-12-18-27(39-2)19-13-23)29(35)21-34(26-16-14-24(31)15-17-26)40(37,38)28-10-4-3-5-11-28/h3-5,10-19,22,25H,6-9,20-21H2,1-2H3,(H,32,36)/t22-/m1/s1. The van der Waals surface area contributed by atoms with E-state index in [4.69, 9.17) is 16.3 Å². The van der Waals surface area contributed by atoms with Gasteiger partial charge in [-0.1, -0.05) is 54.8 Å². The van der Waals surface area contributed by atoms with Gasteiger partial charge < -0.3 is 15.0 Å². The maximum atomic E-state index is 14.0. The maximum Gasteiger partial charge on any atom is 0.264 e. The van der Waals surface area contributed by atoms with Crippen molar-refractivity contribution in [2.45, 2.75) is 56.1 Å². The van der Waals surface area contributed by atoms with Crippen molar-refractivity contribution in [2.75, 3.05) is 18.0 Å². The molecule has 1 saturated carbocycles. The molecule has 1 atom stereocenters. The van der Waals surface area contributed by atoms with Crippen LogP contribution in [-0.2, 0) is 26.2 Å². The lowest BCUT2D eigenvalue weighted by Gasteiger charge is -2.32. The number of nitrogens with one attached hydrogen (secondary N) is 1. The van der Waals surface area contributed by atoms with Gasteiger partial charge >= 0.3 is 0 Å². The van der Waals surface area contributed by atoms with E-state index in [-0.39, 0.29) is 29.1 Å². The SMILES string of the molecule is COc1ccc(CN(C(=O)CN(c2ccc(Cl)cc2)S(=O)(=O)c2ccccc2)[C@H](C)C(=O)NC2CCCC2)cc1. The van der Waals surface area contributed by atoms with E-state index >= 15 is 0 Å². The predicted molar refractivity (Wildman–Crippen MR) is 156 cm³/mol. The molecular weight excluding hydrogens is 550 g/mol. The lowest BCUT2D eigenvalue weighted by atomic mass is 10.1. The molecular formula is C30H34ClN3O5S. The molecule has 4 rings (SSSR count). The zero-order valence-corrected chi connectivity index (χ0v) is 24.2. The average Bonchev–Trinajstić information content (AvgIpc) is 3.48. The molecule has 0 aromatic heterocycles. The zero-order valence-electron chi connectivity index (χ0n) is 22.6. The topological polar surface area (TPSA) is 96.0 Å². The third kappa shape index (κ3) is 7.14. The number of sulfonamides is 1. The Morgan fingerprint density at radius 3 is 2.20 bits per heavy atom. The van der Waals surface area contributed by atoms with Gasteiger partial charge in [-0.2, -0.15) is 0 Å². The van der Waals surface area contributed by atoms with Crippen molar-refractivity contribution in [2.24, 2.45) is 0 Å². The molecule has 1 fully saturated rings. The van der Waals surface area contributed by atoms with Gasteiger partial charge in [0.2, 0.25) is 11.8 Å². The second-order valence-corrected chi connectivity index (χ2v) is 12.1. The van der Waals surface area contributed by atoms with Gasteiger partial charge in [0.1, 0.15) is 18.3 Å². The summed E-state index contributed by atoms with van der Waals surface area (Å²) >= 11 is 6.07. The molecule has 3 aromatic rings. The van der Waals surface area contributed by atoms with Gasteiger partial charge in [-0.25, -0.2) is 8.42 Å². The quantitative estimate of drug-likeness (QED) is 0.342. The summed E-state index contributed by atoms with van der Waals surface area (Å²) in [7, 11) is -2.55. The summed E-state index contributed by atoms with van der Waals surface area (Å²) in [6.45, 7) is 1.28. The Bertz CT molecular complexity index is 1390. The number of methoxy groups -OCH3 is 1. The third-order valence-corrected chi connectivity index (χ3v) is 9.15. The minimum absolute atomic E-state index is 0.0477. The molecule has 0 spiro atoms. The van der Waals surface area contributed by atoms with E-state index in [1.807, 2.05) is 12.1 Å². The third-order valence-electron chi connectivity index (χ3n) is 7.11. The Labute approximate surface area is 240 Å². The lowest BCUT2D eigenvalue weighted by molar-refractivity contribution is -0.139. The van der Waals surface area contributed by atoms with Crippen molar-refractivity contribution in [3.63, 3.8) is 0 Å². The first kappa shape index (κ1) is 29.4. The van der Waals surface area contributed by atoms with E-state index in [1.54, 1.807) is 68.6 Å². The molecule has 2 amide bonds. The van der Waals surface area contributed by atoms with Crippen LogP contribution in [0.1, 0.15) is 38.2 Å². The summed E-state index contributed by atoms with van der Waals surface area (Å²) in [5, 5.41) is 3.50. The van der Waals surface area contributed by atoms with Gasteiger partial charge in [-0.05, 0) is 73.9 Å². The summed E-state index contributed by atoms with van der Waals surface area (Å²) < 4.78 is 33.8. The Hall–Kier alpha value is -3.56. The van der Waals surface area contributed by atoms with Crippen molar-refractivity contribution in [1.82, 2.24) is 10.2 Å².